The van der Waals surface area contributed by atoms with Crippen molar-refractivity contribution in [2.45, 2.75) is 25.5 Å². The molecule has 98 valence electrons. The van der Waals surface area contributed by atoms with Crippen LogP contribution in [0.4, 0.5) is 0 Å². The fourth-order valence-corrected chi connectivity index (χ4v) is 1.23. The third-order valence-electron chi connectivity index (χ3n) is 2.06. The van der Waals surface area contributed by atoms with E-state index in [4.69, 9.17) is 14.2 Å². The van der Waals surface area contributed by atoms with Crippen LogP contribution >= 0.6 is 0 Å². The van der Waals surface area contributed by atoms with Gasteiger partial charge in [-0.1, -0.05) is 0 Å². The Balaban J connectivity index is 3.52. The van der Waals surface area contributed by atoms with Gasteiger partial charge in [-0.25, -0.2) is 0 Å². The molecule has 0 spiro atoms. The number of β-amino-alcohol motifs (C(OH)–C–C–N with tert-alkyl or cyclic N) is 1. The van der Waals surface area contributed by atoms with Crippen LogP contribution in [0.15, 0.2) is 0 Å². The van der Waals surface area contributed by atoms with Gasteiger partial charge in [0.2, 0.25) is 0 Å². The molecule has 1 atom stereocenters. The lowest BCUT2D eigenvalue weighted by atomic mass is 10.1. The number of ether oxygens (including phenoxy) is 3. The molecule has 0 amide bonds. The smallest absolute Gasteiger partial charge is 0.0897 e. The van der Waals surface area contributed by atoms with E-state index in [1.54, 1.807) is 14.2 Å². The Bertz CT molecular complexity index is 164. The highest BCUT2D eigenvalue weighted by Crippen LogP contribution is 2.01. The monoisotopic (exact) mass is 235 g/mol. The molecule has 0 rings (SSSR count). The molecule has 5 nitrogen and oxygen atoms in total. The normalized spacial score (nSPS) is 14.1. The lowest BCUT2D eigenvalue weighted by Gasteiger charge is -2.26. The van der Waals surface area contributed by atoms with Crippen LogP contribution in [0.25, 0.3) is 0 Å². The number of aliphatic hydroxyl groups excluding tert-OH is 1. The second-order valence-corrected chi connectivity index (χ2v) is 4.42. The summed E-state index contributed by atoms with van der Waals surface area (Å²) in [6, 6.07) is 0. The van der Waals surface area contributed by atoms with Crippen molar-refractivity contribution < 1.29 is 19.3 Å². The van der Waals surface area contributed by atoms with Crippen molar-refractivity contribution >= 4 is 0 Å². The molecule has 0 aromatic rings. The highest BCUT2D eigenvalue weighted by atomic mass is 16.5. The molecule has 0 bridgehead atoms. The van der Waals surface area contributed by atoms with Crippen LogP contribution in [0.3, 0.4) is 0 Å². The van der Waals surface area contributed by atoms with Gasteiger partial charge in [-0.05, 0) is 13.8 Å². The number of rotatable bonds is 10. The predicted molar refractivity (Wildman–Crippen MR) is 62.7 cm³/mol. The van der Waals surface area contributed by atoms with E-state index < -0.39 is 6.10 Å². The summed E-state index contributed by atoms with van der Waals surface area (Å²) >= 11 is 0. The summed E-state index contributed by atoms with van der Waals surface area (Å²) in [5.74, 6) is 0. The van der Waals surface area contributed by atoms with E-state index in [1.165, 1.54) is 0 Å². The van der Waals surface area contributed by atoms with Gasteiger partial charge in [0.25, 0.3) is 0 Å². The van der Waals surface area contributed by atoms with E-state index >= 15 is 0 Å². The first-order chi connectivity index (χ1) is 7.52. The average Bonchev–Trinajstić information content (AvgIpc) is 2.22. The second-order valence-electron chi connectivity index (χ2n) is 4.42. The van der Waals surface area contributed by atoms with Crippen molar-refractivity contribution in [3.63, 3.8) is 0 Å². The third kappa shape index (κ3) is 9.06. The number of methoxy groups -OCH3 is 2. The molecule has 0 radical (unpaired) electrons. The van der Waals surface area contributed by atoms with Crippen LogP contribution in [-0.4, -0.2) is 63.9 Å². The molecule has 0 aromatic carbocycles. The summed E-state index contributed by atoms with van der Waals surface area (Å²) in [6.45, 7) is 6.52. The van der Waals surface area contributed by atoms with Gasteiger partial charge in [-0.15, -0.1) is 0 Å². The lowest BCUT2D eigenvalue weighted by Crippen LogP contribution is -2.47. The van der Waals surface area contributed by atoms with Crippen LogP contribution in [0.1, 0.15) is 13.8 Å². The minimum absolute atomic E-state index is 0.137. The molecule has 0 fully saturated rings. The maximum atomic E-state index is 9.61. The molecule has 0 aliphatic rings. The van der Waals surface area contributed by atoms with E-state index in [0.717, 1.165) is 0 Å². The van der Waals surface area contributed by atoms with Crippen LogP contribution in [0.5, 0.6) is 0 Å². The fraction of sp³-hybridized carbons (Fsp3) is 1.00. The highest BCUT2D eigenvalue weighted by molar-refractivity contribution is 4.78. The fourth-order valence-electron chi connectivity index (χ4n) is 1.23. The standard InChI is InChI=1S/C11H25NO4/c1-11(2,9-15-4)12-7-10(13)8-16-6-5-14-3/h10,12-13H,5-9H2,1-4H3. The van der Waals surface area contributed by atoms with E-state index in [2.05, 4.69) is 5.32 Å². The zero-order chi connectivity index (χ0) is 12.4. The number of nitrogens with one attached hydrogen (secondary N) is 1. The van der Waals surface area contributed by atoms with Crippen molar-refractivity contribution in [3.8, 4) is 0 Å². The Morgan fingerprint density at radius 2 is 1.88 bits per heavy atom. The summed E-state index contributed by atoms with van der Waals surface area (Å²) < 4.78 is 15.1. The van der Waals surface area contributed by atoms with Crippen molar-refractivity contribution in [2.24, 2.45) is 0 Å². The van der Waals surface area contributed by atoms with E-state index in [0.29, 0.717) is 33.0 Å². The van der Waals surface area contributed by atoms with Gasteiger partial charge < -0.3 is 24.6 Å². The molecule has 0 heterocycles. The van der Waals surface area contributed by atoms with Crippen LogP contribution in [0.2, 0.25) is 0 Å². The average molecular weight is 235 g/mol. The summed E-state index contributed by atoms with van der Waals surface area (Å²) in [5.41, 5.74) is -0.137. The van der Waals surface area contributed by atoms with Crippen molar-refractivity contribution in [1.82, 2.24) is 5.32 Å². The Hall–Kier alpha value is -0.200. The van der Waals surface area contributed by atoms with Crippen molar-refractivity contribution in [1.29, 1.82) is 0 Å². The van der Waals surface area contributed by atoms with Gasteiger partial charge in [-0.3, -0.25) is 0 Å². The van der Waals surface area contributed by atoms with E-state index in [1.807, 2.05) is 13.8 Å². The molecular formula is C11H25NO4. The first kappa shape index (κ1) is 15.8. The molecule has 0 aromatic heterocycles. The topological polar surface area (TPSA) is 60.0 Å². The Kier molecular flexibility index (Phi) is 8.78. The largest absolute Gasteiger partial charge is 0.389 e. The van der Waals surface area contributed by atoms with Crippen LogP contribution in [0, 0.1) is 0 Å². The first-order valence-corrected chi connectivity index (χ1v) is 5.50. The predicted octanol–water partition coefficient (Wildman–Crippen LogP) is 0.0249. The maximum Gasteiger partial charge on any atom is 0.0897 e. The molecule has 5 heteroatoms. The summed E-state index contributed by atoms with van der Waals surface area (Å²) in [7, 11) is 3.28. The molecular weight excluding hydrogens is 210 g/mol. The summed E-state index contributed by atoms with van der Waals surface area (Å²) in [4.78, 5) is 0. The Labute approximate surface area is 98.1 Å². The molecule has 16 heavy (non-hydrogen) atoms. The number of aliphatic hydroxyl groups is 1. The van der Waals surface area contributed by atoms with E-state index in [9.17, 15) is 5.11 Å². The molecule has 0 saturated carbocycles. The maximum absolute atomic E-state index is 9.61. The number of hydrogen-bond donors (Lipinski definition) is 2. The zero-order valence-electron chi connectivity index (χ0n) is 10.8. The van der Waals surface area contributed by atoms with Gasteiger partial charge in [0, 0.05) is 26.3 Å². The second kappa shape index (κ2) is 8.90. The Morgan fingerprint density at radius 1 is 1.19 bits per heavy atom. The molecule has 0 aliphatic carbocycles. The van der Waals surface area contributed by atoms with Gasteiger partial charge in [0.1, 0.15) is 0 Å². The van der Waals surface area contributed by atoms with Gasteiger partial charge >= 0.3 is 0 Å². The third-order valence-corrected chi connectivity index (χ3v) is 2.06. The molecule has 2 N–H and O–H groups in total. The quantitative estimate of drug-likeness (QED) is 0.523. The molecule has 1 unspecified atom stereocenters. The highest BCUT2D eigenvalue weighted by Gasteiger charge is 2.18. The zero-order valence-corrected chi connectivity index (χ0v) is 10.8. The lowest BCUT2D eigenvalue weighted by molar-refractivity contribution is 0.00927. The minimum Gasteiger partial charge on any atom is -0.389 e. The van der Waals surface area contributed by atoms with Crippen LogP contribution in [-0.2, 0) is 14.2 Å². The molecule has 0 saturated heterocycles. The summed E-state index contributed by atoms with van der Waals surface area (Å²) in [5, 5.41) is 12.8. The van der Waals surface area contributed by atoms with Gasteiger partial charge in [-0.2, -0.15) is 0 Å². The van der Waals surface area contributed by atoms with Gasteiger partial charge in [0.05, 0.1) is 32.5 Å². The minimum atomic E-state index is -0.506. The summed E-state index contributed by atoms with van der Waals surface area (Å²) in [6.07, 6.45) is -0.506. The van der Waals surface area contributed by atoms with Crippen molar-refractivity contribution in [3.05, 3.63) is 0 Å². The van der Waals surface area contributed by atoms with Crippen LogP contribution < -0.4 is 5.32 Å². The first-order valence-electron chi connectivity index (χ1n) is 5.50. The van der Waals surface area contributed by atoms with Gasteiger partial charge in [0.15, 0.2) is 0 Å². The SMILES string of the molecule is COCCOCC(O)CNC(C)(C)COC. The Morgan fingerprint density at radius 3 is 2.44 bits per heavy atom. The number of hydrogen-bond acceptors (Lipinski definition) is 5. The van der Waals surface area contributed by atoms with Crippen molar-refractivity contribution in [2.75, 3.05) is 47.2 Å². The van der Waals surface area contributed by atoms with E-state index in [-0.39, 0.29) is 5.54 Å². The molecule has 0 aliphatic heterocycles.